The largest absolute Gasteiger partial charge is 0.490 e. The molecule has 2 rings (SSSR count). The van der Waals surface area contributed by atoms with Gasteiger partial charge in [-0.25, -0.2) is 0 Å². The summed E-state index contributed by atoms with van der Waals surface area (Å²) in [6.45, 7) is 1.39. The first-order valence-electron chi connectivity index (χ1n) is 6.26. The van der Waals surface area contributed by atoms with E-state index in [9.17, 15) is 10.1 Å². The van der Waals surface area contributed by atoms with Crippen LogP contribution >= 0.6 is 12.4 Å². The van der Waals surface area contributed by atoms with Gasteiger partial charge in [-0.3, -0.25) is 10.1 Å². The number of nitriles is 1. The molecule has 1 saturated heterocycles. The number of ether oxygens (including phenoxy) is 1. The molecule has 0 spiro atoms. The normalized spacial score (nSPS) is 17.6. The number of nitro groups is 1. The van der Waals surface area contributed by atoms with E-state index >= 15 is 0 Å². The van der Waals surface area contributed by atoms with Crippen molar-refractivity contribution in [3.05, 3.63) is 33.9 Å². The molecule has 7 heteroatoms. The smallest absolute Gasteiger partial charge is 0.290 e. The van der Waals surface area contributed by atoms with E-state index in [2.05, 4.69) is 5.32 Å². The van der Waals surface area contributed by atoms with Gasteiger partial charge in [0.15, 0.2) is 5.56 Å². The minimum Gasteiger partial charge on any atom is -0.490 e. The summed E-state index contributed by atoms with van der Waals surface area (Å²) in [5, 5.41) is 23.2. The van der Waals surface area contributed by atoms with Gasteiger partial charge in [0.05, 0.1) is 4.92 Å². The van der Waals surface area contributed by atoms with Gasteiger partial charge in [0.25, 0.3) is 5.69 Å². The quantitative estimate of drug-likeness (QED) is 0.681. The van der Waals surface area contributed by atoms with E-state index in [1.54, 1.807) is 6.07 Å². The van der Waals surface area contributed by atoms with Gasteiger partial charge in [0.1, 0.15) is 18.4 Å². The molecule has 0 bridgehead atoms. The first-order chi connectivity index (χ1) is 9.22. The lowest BCUT2D eigenvalue weighted by Gasteiger charge is -2.23. The number of nitrogens with one attached hydrogen (secondary N) is 1. The highest BCUT2D eigenvalue weighted by Gasteiger charge is 2.19. The van der Waals surface area contributed by atoms with Crippen molar-refractivity contribution in [3.63, 3.8) is 0 Å². The van der Waals surface area contributed by atoms with Crippen molar-refractivity contribution in [1.82, 2.24) is 5.32 Å². The number of benzene rings is 1. The molecule has 1 heterocycles. The third-order valence-electron chi connectivity index (χ3n) is 3.17. The lowest BCUT2D eigenvalue weighted by atomic mass is 10.1. The lowest BCUT2D eigenvalue weighted by Crippen LogP contribution is -2.38. The second kappa shape index (κ2) is 7.68. The highest BCUT2D eigenvalue weighted by atomic mass is 35.5. The van der Waals surface area contributed by atoms with E-state index in [1.807, 2.05) is 6.07 Å². The Kier molecular flexibility index (Phi) is 6.22. The van der Waals surface area contributed by atoms with E-state index in [1.165, 1.54) is 12.1 Å². The molecule has 6 nitrogen and oxygen atoms in total. The average molecular weight is 298 g/mol. The Bertz CT molecular complexity index is 510. The fraction of sp³-hybridized carbons (Fsp3) is 0.462. The van der Waals surface area contributed by atoms with Crippen LogP contribution in [0.25, 0.3) is 0 Å². The predicted molar refractivity (Wildman–Crippen MR) is 76.2 cm³/mol. The molecule has 0 aliphatic carbocycles. The number of nitrogens with zero attached hydrogens (tertiary/aromatic N) is 2. The lowest BCUT2D eigenvalue weighted by molar-refractivity contribution is -0.385. The molecule has 0 saturated carbocycles. The Morgan fingerprint density at radius 2 is 2.30 bits per heavy atom. The standard InChI is InChI=1S/C13H15N3O3.ClH/c14-8-11-12(16(17)18)5-3-6-13(11)19-9-10-4-1-2-7-15-10;/h3,5-6,10,15H,1-2,4,7,9H2;1H/t10-;/m0./s1. The van der Waals surface area contributed by atoms with Crippen LogP contribution in [0.2, 0.25) is 0 Å². The first kappa shape index (κ1) is 16.2. The maximum absolute atomic E-state index is 10.8. The molecule has 1 atom stereocenters. The number of hydrogen-bond donors (Lipinski definition) is 1. The maximum atomic E-state index is 10.8. The van der Waals surface area contributed by atoms with Gasteiger partial charge in [-0.1, -0.05) is 12.5 Å². The van der Waals surface area contributed by atoms with Crippen LogP contribution in [0.15, 0.2) is 18.2 Å². The average Bonchev–Trinajstić information content (AvgIpc) is 2.45. The monoisotopic (exact) mass is 297 g/mol. The molecule has 1 aliphatic heterocycles. The third kappa shape index (κ3) is 3.83. The Balaban J connectivity index is 0.00000200. The Hall–Kier alpha value is -1.84. The van der Waals surface area contributed by atoms with E-state index in [4.69, 9.17) is 10.00 Å². The summed E-state index contributed by atoms with van der Waals surface area (Å²) in [5.74, 6) is 0.282. The van der Waals surface area contributed by atoms with Gasteiger partial charge in [-0.15, -0.1) is 12.4 Å². The highest BCUT2D eigenvalue weighted by Crippen LogP contribution is 2.27. The summed E-state index contributed by atoms with van der Waals surface area (Å²) in [6, 6.07) is 6.53. The molecule has 1 aliphatic rings. The van der Waals surface area contributed by atoms with Crippen molar-refractivity contribution >= 4 is 18.1 Å². The zero-order valence-corrected chi connectivity index (χ0v) is 11.7. The van der Waals surface area contributed by atoms with E-state index in [0.29, 0.717) is 6.61 Å². The molecule has 0 aromatic heterocycles. The van der Waals surface area contributed by atoms with Crippen LogP contribution in [0.4, 0.5) is 5.69 Å². The van der Waals surface area contributed by atoms with Gasteiger partial charge in [0, 0.05) is 12.1 Å². The summed E-state index contributed by atoms with van der Waals surface area (Å²) < 4.78 is 5.57. The van der Waals surface area contributed by atoms with Gasteiger partial charge >= 0.3 is 0 Å². The Labute approximate surface area is 123 Å². The fourth-order valence-corrected chi connectivity index (χ4v) is 2.16. The van der Waals surface area contributed by atoms with Crippen LogP contribution in [0.5, 0.6) is 5.75 Å². The number of halogens is 1. The fourth-order valence-electron chi connectivity index (χ4n) is 2.16. The number of rotatable bonds is 4. The Morgan fingerprint density at radius 1 is 1.50 bits per heavy atom. The van der Waals surface area contributed by atoms with Crippen LogP contribution < -0.4 is 10.1 Å². The summed E-state index contributed by atoms with van der Waals surface area (Å²) in [5.41, 5.74) is -0.222. The highest BCUT2D eigenvalue weighted by molar-refractivity contribution is 5.85. The van der Waals surface area contributed by atoms with Crippen LogP contribution in [0.3, 0.4) is 0 Å². The van der Waals surface area contributed by atoms with Gasteiger partial charge in [-0.05, 0) is 25.5 Å². The van der Waals surface area contributed by atoms with Gasteiger partial charge < -0.3 is 10.1 Å². The summed E-state index contributed by atoms with van der Waals surface area (Å²) in [6.07, 6.45) is 3.34. The summed E-state index contributed by atoms with van der Waals surface area (Å²) >= 11 is 0. The molecule has 1 N–H and O–H groups in total. The van der Waals surface area contributed by atoms with Crippen LogP contribution in [-0.2, 0) is 0 Å². The molecule has 108 valence electrons. The van der Waals surface area contributed by atoms with Gasteiger partial charge in [0.2, 0.25) is 0 Å². The number of nitro benzene ring substituents is 1. The second-order valence-electron chi connectivity index (χ2n) is 4.48. The zero-order chi connectivity index (χ0) is 13.7. The van der Waals surface area contributed by atoms with Crippen molar-refractivity contribution in [1.29, 1.82) is 5.26 Å². The van der Waals surface area contributed by atoms with Crippen molar-refractivity contribution in [3.8, 4) is 11.8 Å². The molecule has 1 fully saturated rings. The number of piperidine rings is 1. The number of hydrogen-bond acceptors (Lipinski definition) is 5. The maximum Gasteiger partial charge on any atom is 0.290 e. The van der Waals surface area contributed by atoms with Crippen molar-refractivity contribution in [2.24, 2.45) is 0 Å². The third-order valence-corrected chi connectivity index (χ3v) is 3.17. The van der Waals surface area contributed by atoms with Gasteiger partial charge in [-0.2, -0.15) is 5.26 Å². The molecule has 0 radical (unpaired) electrons. The van der Waals surface area contributed by atoms with E-state index in [0.717, 1.165) is 25.8 Å². The van der Waals surface area contributed by atoms with E-state index < -0.39 is 4.92 Å². The first-order valence-corrected chi connectivity index (χ1v) is 6.26. The van der Waals surface area contributed by atoms with Crippen LogP contribution in [0.1, 0.15) is 24.8 Å². The molecule has 1 aromatic rings. The minimum absolute atomic E-state index is 0. The van der Waals surface area contributed by atoms with Crippen molar-refractivity contribution < 1.29 is 9.66 Å². The zero-order valence-electron chi connectivity index (χ0n) is 10.9. The van der Waals surface area contributed by atoms with E-state index in [-0.39, 0.29) is 35.4 Å². The topological polar surface area (TPSA) is 88.2 Å². The molecule has 1 aromatic carbocycles. The molecular weight excluding hydrogens is 282 g/mol. The molecular formula is C13H16ClN3O3. The Morgan fingerprint density at radius 3 is 2.90 bits per heavy atom. The van der Waals surface area contributed by atoms with Crippen molar-refractivity contribution in [2.75, 3.05) is 13.2 Å². The van der Waals surface area contributed by atoms with Crippen molar-refractivity contribution in [2.45, 2.75) is 25.3 Å². The molecule has 20 heavy (non-hydrogen) atoms. The van der Waals surface area contributed by atoms with Crippen LogP contribution in [-0.4, -0.2) is 24.1 Å². The SMILES string of the molecule is Cl.N#Cc1c(OC[C@@H]2CCCCN2)cccc1[N+](=O)[O-]. The molecule has 0 unspecified atom stereocenters. The van der Waals surface area contributed by atoms with Crippen LogP contribution in [0, 0.1) is 21.4 Å². The minimum atomic E-state index is -0.565. The molecule has 0 amide bonds. The summed E-state index contributed by atoms with van der Waals surface area (Å²) in [7, 11) is 0. The summed E-state index contributed by atoms with van der Waals surface area (Å²) in [4.78, 5) is 10.3. The second-order valence-corrected chi connectivity index (χ2v) is 4.48. The predicted octanol–water partition coefficient (Wildman–Crippen LogP) is 2.41.